The molecule has 0 amide bonds. The molecule has 0 spiro atoms. The zero-order valence-electron chi connectivity index (χ0n) is 26.0. The van der Waals surface area contributed by atoms with Crippen LogP contribution in [0.15, 0.2) is 80.0 Å². The first-order chi connectivity index (χ1) is 22.6. The first-order valence-corrected chi connectivity index (χ1v) is 15.0. The number of Topliss-reactive ketones (excluding diaryl/α,β-unsaturated/α-hetero) is 1. The van der Waals surface area contributed by atoms with E-state index in [2.05, 4.69) is 23.1 Å². The highest BCUT2D eigenvalue weighted by Crippen LogP contribution is 2.57. The maximum Gasteiger partial charge on any atom is 0.324 e. The number of ether oxygens (including phenoxy) is 2. The first kappa shape index (κ1) is 31.3. The summed E-state index contributed by atoms with van der Waals surface area (Å²) >= 11 is 0. The highest BCUT2D eigenvalue weighted by atomic mass is 19.1. The monoisotopic (exact) mass is 635 g/mol. The zero-order valence-corrected chi connectivity index (χ0v) is 26.0. The van der Waals surface area contributed by atoms with Crippen LogP contribution in [0.25, 0.3) is 11.1 Å². The van der Waals surface area contributed by atoms with E-state index in [-0.39, 0.29) is 40.9 Å². The molecular weight excluding hydrogens is 601 g/mol. The highest BCUT2D eigenvalue weighted by molar-refractivity contribution is 6.27. The van der Waals surface area contributed by atoms with Crippen molar-refractivity contribution >= 4 is 40.4 Å². The van der Waals surface area contributed by atoms with Crippen molar-refractivity contribution in [2.24, 2.45) is 5.41 Å². The van der Waals surface area contributed by atoms with Gasteiger partial charge >= 0.3 is 5.97 Å². The number of methoxy groups -OCH3 is 2. The molecule has 1 aliphatic carbocycles. The van der Waals surface area contributed by atoms with Crippen LogP contribution < -0.4 is 25.8 Å². The van der Waals surface area contributed by atoms with E-state index in [9.17, 15) is 9.90 Å². The van der Waals surface area contributed by atoms with E-state index in [1.165, 1.54) is 32.5 Å². The van der Waals surface area contributed by atoms with Crippen molar-refractivity contribution < 1.29 is 28.6 Å². The number of halogens is 1. The number of benzene rings is 3. The Hall–Kier alpha value is -5.71. The molecule has 4 aromatic rings. The average Bonchev–Trinajstić information content (AvgIpc) is 3.91. The molecule has 11 heteroatoms. The number of hydrogen-bond donors (Lipinski definition) is 3. The fraction of sp³-hybridized carbons (Fsp3) is 0.222. The van der Waals surface area contributed by atoms with Gasteiger partial charge in [-0.25, -0.2) is 9.37 Å². The van der Waals surface area contributed by atoms with Gasteiger partial charge in [-0.3, -0.25) is 9.59 Å². The van der Waals surface area contributed by atoms with Crippen LogP contribution in [-0.2, 0) is 11.2 Å². The van der Waals surface area contributed by atoms with Crippen molar-refractivity contribution in [3.05, 3.63) is 114 Å². The van der Waals surface area contributed by atoms with Crippen LogP contribution in [0.3, 0.4) is 0 Å². The molecule has 1 saturated carbocycles. The lowest BCUT2D eigenvalue weighted by Gasteiger charge is -2.50. The fourth-order valence-corrected chi connectivity index (χ4v) is 6.68. The van der Waals surface area contributed by atoms with Gasteiger partial charge in [0.15, 0.2) is 11.2 Å². The molecule has 240 valence electrons. The quantitative estimate of drug-likeness (QED) is 0.193. The summed E-state index contributed by atoms with van der Waals surface area (Å²) in [6, 6.07) is 15.3. The second kappa shape index (κ2) is 11.9. The van der Waals surface area contributed by atoms with E-state index < -0.39 is 29.0 Å². The number of nitrogen functional groups attached to an aromatic ring is 2. The van der Waals surface area contributed by atoms with E-state index in [1.54, 1.807) is 48.5 Å². The van der Waals surface area contributed by atoms with Crippen molar-refractivity contribution in [1.29, 1.82) is 0 Å². The topological polar surface area (TPSA) is 154 Å². The first-order valence-electron chi connectivity index (χ1n) is 15.0. The van der Waals surface area contributed by atoms with Crippen LogP contribution in [0.2, 0.25) is 0 Å². The van der Waals surface area contributed by atoms with Gasteiger partial charge in [-0.05, 0) is 48.3 Å². The summed E-state index contributed by atoms with van der Waals surface area (Å²) < 4.78 is 27.3. The molecule has 3 aromatic carbocycles. The van der Waals surface area contributed by atoms with Crippen LogP contribution in [0, 0.1) is 11.2 Å². The van der Waals surface area contributed by atoms with Crippen LogP contribution in [0.5, 0.6) is 11.5 Å². The molecule has 0 saturated heterocycles. The molecular formula is C36H34FN5O5. The molecule has 2 heterocycles. The number of anilines is 3. The average molecular weight is 636 g/mol. The largest absolute Gasteiger partial charge is 0.496 e. The predicted octanol–water partition coefficient (Wildman–Crippen LogP) is 5.42. The summed E-state index contributed by atoms with van der Waals surface area (Å²) in [4.78, 5) is 39.3. The van der Waals surface area contributed by atoms with Crippen LogP contribution >= 0.6 is 0 Å². The van der Waals surface area contributed by atoms with Gasteiger partial charge in [0.25, 0.3) is 0 Å². The Morgan fingerprint density at radius 1 is 1.02 bits per heavy atom. The van der Waals surface area contributed by atoms with Gasteiger partial charge in [-0.2, -0.15) is 4.98 Å². The molecule has 2 atom stereocenters. The van der Waals surface area contributed by atoms with Gasteiger partial charge < -0.3 is 30.9 Å². The number of carboxylic acids is 1. The minimum Gasteiger partial charge on any atom is -0.496 e. The second-order valence-electron chi connectivity index (χ2n) is 11.6. The summed E-state index contributed by atoms with van der Waals surface area (Å²) in [5, 5.41) is 11.4. The fourth-order valence-electron chi connectivity index (χ4n) is 6.68. The maximum atomic E-state index is 16.0. The third-order valence-corrected chi connectivity index (χ3v) is 9.04. The number of carboxylic acid groups (broad SMARTS) is 1. The summed E-state index contributed by atoms with van der Waals surface area (Å²) in [5.41, 5.74) is 11.1. The van der Waals surface area contributed by atoms with Crippen LogP contribution in [0.1, 0.15) is 45.5 Å². The predicted molar refractivity (Wildman–Crippen MR) is 178 cm³/mol. The number of hydrogen-bond acceptors (Lipinski definition) is 9. The number of nitrogens with two attached hydrogens (primary N) is 2. The molecule has 0 radical (unpaired) electrons. The molecule has 0 bridgehead atoms. The number of aromatic nitrogens is 2. The van der Waals surface area contributed by atoms with Gasteiger partial charge in [0, 0.05) is 52.2 Å². The van der Waals surface area contributed by atoms with Gasteiger partial charge in [0.1, 0.15) is 23.1 Å². The van der Waals surface area contributed by atoms with Crippen LogP contribution in [-0.4, -0.2) is 53.1 Å². The molecule has 1 fully saturated rings. The lowest BCUT2D eigenvalue weighted by Crippen LogP contribution is -2.61. The Kier molecular flexibility index (Phi) is 7.92. The summed E-state index contributed by atoms with van der Waals surface area (Å²) in [6.45, 7) is 8.71. The standard InChI is InChI=1S/C36H34FN5O5/c1-19(23-9-5-7-11-28(23)46-3)31-36(34(44)45,20(2)24-10-6-8-12-29(24)47-4)32(43)30-25(17-21-18-40-35(39)41-33(21)38)26(37)15-16-27(30)42(31)22-13-14-22/h5-12,15-16,18,22,31H,1-2,13-14,17H2,3-4H3,(H,44,45)(H4,38,39,40,41). The number of para-hydroxylation sites is 2. The Bertz CT molecular complexity index is 1960. The maximum absolute atomic E-state index is 16.0. The highest BCUT2D eigenvalue weighted by Gasteiger charge is 2.64. The number of nitrogens with zero attached hydrogens (tertiary/aromatic N) is 3. The normalized spacial score (nSPS) is 18.7. The van der Waals surface area contributed by atoms with Gasteiger partial charge in [0.2, 0.25) is 5.95 Å². The number of rotatable bonds is 10. The number of aliphatic carboxylic acids is 1. The van der Waals surface area contributed by atoms with Gasteiger partial charge in [-0.1, -0.05) is 49.6 Å². The Labute approximate surface area is 271 Å². The van der Waals surface area contributed by atoms with E-state index >= 15 is 9.18 Å². The van der Waals surface area contributed by atoms with E-state index in [1.807, 2.05) is 4.90 Å². The van der Waals surface area contributed by atoms with E-state index in [0.717, 1.165) is 0 Å². The lowest BCUT2D eigenvalue weighted by molar-refractivity contribution is -0.143. The third-order valence-electron chi connectivity index (χ3n) is 9.04. The smallest absolute Gasteiger partial charge is 0.324 e. The van der Waals surface area contributed by atoms with Crippen molar-refractivity contribution in [2.75, 3.05) is 30.6 Å². The summed E-state index contributed by atoms with van der Waals surface area (Å²) in [6.07, 6.45) is 2.60. The zero-order chi connectivity index (χ0) is 33.6. The lowest BCUT2D eigenvalue weighted by atomic mass is 9.61. The van der Waals surface area contributed by atoms with Crippen molar-refractivity contribution in [3.63, 3.8) is 0 Å². The molecule has 10 nitrogen and oxygen atoms in total. The number of ketones is 1. The molecule has 2 unspecified atom stereocenters. The number of carbonyl (C=O) groups is 2. The second-order valence-corrected chi connectivity index (χ2v) is 11.6. The Morgan fingerprint density at radius 3 is 2.23 bits per heavy atom. The minimum absolute atomic E-state index is 0.0159. The molecule has 1 aliphatic heterocycles. The molecule has 5 N–H and O–H groups in total. The summed E-state index contributed by atoms with van der Waals surface area (Å²) in [5.74, 6) is -2.31. The van der Waals surface area contributed by atoms with Crippen LogP contribution in [0.4, 0.5) is 21.8 Å². The van der Waals surface area contributed by atoms with Crippen molar-refractivity contribution in [2.45, 2.75) is 31.3 Å². The molecule has 1 aromatic heterocycles. The van der Waals surface area contributed by atoms with Gasteiger partial charge in [-0.15, -0.1) is 0 Å². The Morgan fingerprint density at radius 2 is 1.64 bits per heavy atom. The Balaban J connectivity index is 1.69. The molecule has 47 heavy (non-hydrogen) atoms. The van der Waals surface area contributed by atoms with E-state index in [0.29, 0.717) is 52.3 Å². The molecule has 2 aliphatic rings. The van der Waals surface area contributed by atoms with Crippen molar-refractivity contribution in [1.82, 2.24) is 9.97 Å². The van der Waals surface area contributed by atoms with E-state index in [4.69, 9.17) is 20.9 Å². The molecule has 6 rings (SSSR count). The third kappa shape index (κ3) is 4.95. The minimum atomic E-state index is -2.39. The SMILES string of the molecule is C=C(c1ccccc1OC)C1N(C2CC2)c2ccc(F)c(Cc3cnc(N)nc3N)c2C(=O)C1(C(=C)c1ccccc1OC)C(=O)O. The van der Waals surface area contributed by atoms with Gasteiger partial charge in [0.05, 0.1) is 20.3 Å². The van der Waals surface area contributed by atoms with Crippen molar-refractivity contribution in [3.8, 4) is 11.5 Å². The number of fused-ring (bicyclic) bond motifs is 1. The number of carbonyl (C=O) groups excluding carboxylic acids is 1. The summed E-state index contributed by atoms with van der Waals surface area (Å²) in [7, 11) is 2.96.